The molecule has 102 valence electrons. The number of rotatable bonds is 5. The van der Waals surface area contributed by atoms with Crippen molar-refractivity contribution >= 4 is 0 Å². The molecule has 1 N–H and O–H groups in total. The molecular formula is C16H23N3. The van der Waals surface area contributed by atoms with E-state index < -0.39 is 0 Å². The zero-order valence-corrected chi connectivity index (χ0v) is 12.3. The van der Waals surface area contributed by atoms with Gasteiger partial charge in [0.15, 0.2) is 0 Å². The maximum absolute atomic E-state index is 4.22. The largest absolute Gasteiger partial charge is 0.313 e. The van der Waals surface area contributed by atoms with Gasteiger partial charge >= 0.3 is 0 Å². The van der Waals surface area contributed by atoms with Crippen molar-refractivity contribution < 1.29 is 0 Å². The van der Waals surface area contributed by atoms with E-state index in [9.17, 15) is 0 Å². The fraction of sp³-hybridized carbons (Fsp3) is 0.438. The van der Waals surface area contributed by atoms with Crippen LogP contribution >= 0.6 is 0 Å². The third-order valence-corrected chi connectivity index (χ3v) is 3.98. The van der Waals surface area contributed by atoms with Gasteiger partial charge in [0.25, 0.3) is 0 Å². The van der Waals surface area contributed by atoms with Gasteiger partial charge in [-0.3, -0.25) is 4.68 Å². The van der Waals surface area contributed by atoms with E-state index in [1.807, 2.05) is 25.0 Å². The highest BCUT2D eigenvalue weighted by Crippen LogP contribution is 2.24. The number of nitrogens with zero attached hydrogens (tertiary/aromatic N) is 2. The number of aromatic nitrogens is 2. The maximum Gasteiger partial charge on any atom is 0.0492 e. The van der Waals surface area contributed by atoms with Gasteiger partial charge < -0.3 is 5.32 Å². The van der Waals surface area contributed by atoms with Crippen LogP contribution in [0.5, 0.6) is 0 Å². The summed E-state index contributed by atoms with van der Waals surface area (Å²) in [5, 5.41) is 7.66. The molecule has 1 atom stereocenters. The van der Waals surface area contributed by atoms with Crippen molar-refractivity contribution in [2.24, 2.45) is 7.05 Å². The van der Waals surface area contributed by atoms with Crippen molar-refractivity contribution in [3.05, 3.63) is 52.8 Å². The quantitative estimate of drug-likeness (QED) is 0.892. The second kappa shape index (κ2) is 6.02. The third-order valence-electron chi connectivity index (χ3n) is 3.98. The Morgan fingerprint density at radius 2 is 2.05 bits per heavy atom. The highest BCUT2D eigenvalue weighted by Gasteiger charge is 2.13. The molecule has 1 heterocycles. The minimum Gasteiger partial charge on any atom is -0.313 e. The van der Waals surface area contributed by atoms with Crippen molar-refractivity contribution in [3.63, 3.8) is 0 Å². The molecule has 2 aromatic rings. The molecule has 0 saturated heterocycles. The summed E-state index contributed by atoms with van der Waals surface area (Å²) in [5.74, 6) is 0. The summed E-state index contributed by atoms with van der Waals surface area (Å²) in [6, 6.07) is 9.04. The molecule has 0 aliphatic rings. The van der Waals surface area contributed by atoms with Gasteiger partial charge in [0.05, 0.1) is 0 Å². The SMILES string of the molecule is CNC(CCc1ccnn1C)c1cccc(C)c1C. The fourth-order valence-corrected chi connectivity index (χ4v) is 2.55. The van der Waals surface area contributed by atoms with Gasteiger partial charge in [0.2, 0.25) is 0 Å². The van der Waals surface area contributed by atoms with Crippen LogP contribution in [0.1, 0.15) is 34.8 Å². The number of hydrogen-bond donors (Lipinski definition) is 1. The Bertz CT molecular complexity index is 543. The summed E-state index contributed by atoms with van der Waals surface area (Å²) in [5.41, 5.74) is 5.44. The molecule has 0 radical (unpaired) electrons. The molecule has 1 unspecified atom stereocenters. The Morgan fingerprint density at radius 1 is 1.26 bits per heavy atom. The molecule has 1 aromatic heterocycles. The number of nitrogens with one attached hydrogen (secondary N) is 1. The average molecular weight is 257 g/mol. The van der Waals surface area contributed by atoms with Gasteiger partial charge in [-0.2, -0.15) is 5.10 Å². The van der Waals surface area contributed by atoms with Gasteiger partial charge in [0.1, 0.15) is 0 Å². The second-order valence-corrected chi connectivity index (χ2v) is 5.12. The van der Waals surface area contributed by atoms with E-state index in [-0.39, 0.29) is 0 Å². The lowest BCUT2D eigenvalue weighted by molar-refractivity contribution is 0.533. The molecule has 0 amide bonds. The van der Waals surface area contributed by atoms with Gasteiger partial charge in [-0.05, 0) is 56.5 Å². The predicted molar refractivity (Wildman–Crippen MR) is 79.2 cm³/mol. The lowest BCUT2D eigenvalue weighted by atomic mass is 9.94. The molecule has 19 heavy (non-hydrogen) atoms. The van der Waals surface area contributed by atoms with Crippen LogP contribution in [0.25, 0.3) is 0 Å². The first-order valence-electron chi connectivity index (χ1n) is 6.83. The van der Waals surface area contributed by atoms with Gasteiger partial charge in [0, 0.05) is 25.0 Å². The summed E-state index contributed by atoms with van der Waals surface area (Å²) in [6.07, 6.45) is 3.98. The Morgan fingerprint density at radius 3 is 2.68 bits per heavy atom. The van der Waals surface area contributed by atoms with Crippen LogP contribution in [-0.2, 0) is 13.5 Å². The van der Waals surface area contributed by atoms with Crippen LogP contribution in [0.3, 0.4) is 0 Å². The highest BCUT2D eigenvalue weighted by molar-refractivity contribution is 5.35. The van der Waals surface area contributed by atoms with Crippen molar-refractivity contribution in [3.8, 4) is 0 Å². The van der Waals surface area contributed by atoms with Crippen LogP contribution in [0, 0.1) is 13.8 Å². The molecule has 0 bridgehead atoms. The van der Waals surface area contributed by atoms with Gasteiger partial charge in [-0.1, -0.05) is 18.2 Å². The third kappa shape index (κ3) is 3.04. The van der Waals surface area contributed by atoms with E-state index in [1.54, 1.807) is 0 Å². The Balaban J connectivity index is 2.12. The summed E-state index contributed by atoms with van der Waals surface area (Å²) in [7, 11) is 4.04. The smallest absolute Gasteiger partial charge is 0.0492 e. The van der Waals surface area contributed by atoms with Crippen LogP contribution in [0.4, 0.5) is 0 Å². The van der Waals surface area contributed by atoms with E-state index in [0.717, 1.165) is 12.8 Å². The molecule has 0 fully saturated rings. The first-order chi connectivity index (χ1) is 9.13. The molecule has 3 heteroatoms. The van der Waals surface area contributed by atoms with E-state index in [4.69, 9.17) is 0 Å². The Labute approximate surface area is 115 Å². The number of benzene rings is 1. The van der Waals surface area contributed by atoms with Crippen LogP contribution in [-0.4, -0.2) is 16.8 Å². The van der Waals surface area contributed by atoms with E-state index in [0.29, 0.717) is 6.04 Å². The molecule has 0 spiro atoms. The average Bonchev–Trinajstić information content (AvgIpc) is 2.80. The van der Waals surface area contributed by atoms with E-state index in [1.165, 1.54) is 22.4 Å². The monoisotopic (exact) mass is 257 g/mol. The van der Waals surface area contributed by atoms with Crippen molar-refractivity contribution in [1.82, 2.24) is 15.1 Å². The summed E-state index contributed by atoms with van der Waals surface area (Å²) in [4.78, 5) is 0. The number of hydrogen-bond acceptors (Lipinski definition) is 2. The lowest BCUT2D eigenvalue weighted by Gasteiger charge is -2.20. The molecule has 0 aliphatic heterocycles. The predicted octanol–water partition coefficient (Wildman–Crippen LogP) is 2.93. The Kier molecular flexibility index (Phi) is 4.38. The topological polar surface area (TPSA) is 29.9 Å². The zero-order valence-electron chi connectivity index (χ0n) is 12.3. The summed E-state index contributed by atoms with van der Waals surface area (Å²) in [6.45, 7) is 4.38. The second-order valence-electron chi connectivity index (χ2n) is 5.12. The number of aryl methyl sites for hydroxylation is 3. The lowest BCUT2D eigenvalue weighted by Crippen LogP contribution is -2.19. The van der Waals surface area contributed by atoms with Gasteiger partial charge in [-0.25, -0.2) is 0 Å². The van der Waals surface area contributed by atoms with Crippen molar-refractivity contribution in [2.45, 2.75) is 32.7 Å². The highest BCUT2D eigenvalue weighted by atomic mass is 15.2. The molecule has 3 nitrogen and oxygen atoms in total. The minimum absolute atomic E-state index is 0.398. The van der Waals surface area contributed by atoms with Crippen LogP contribution in [0.15, 0.2) is 30.5 Å². The van der Waals surface area contributed by atoms with Crippen LogP contribution < -0.4 is 5.32 Å². The van der Waals surface area contributed by atoms with Crippen molar-refractivity contribution in [2.75, 3.05) is 7.05 Å². The fourth-order valence-electron chi connectivity index (χ4n) is 2.55. The summed E-state index contributed by atoms with van der Waals surface area (Å²) >= 11 is 0. The molecule has 0 aliphatic carbocycles. The molecular weight excluding hydrogens is 234 g/mol. The summed E-state index contributed by atoms with van der Waals surface area (Å²) < 4.78 is 1.95. The molecule has 0 saturated carbocycles. The van der Waals surface area contributed by atoms with E-state index in [2.05, 4.69) is 48.5 Å². The van der Waals surface area contributed by atoms with Gasteiger partial charge in [-0.15, -0.1) is 0 Å². The van der Waals surface area contributed by atoms with E-state index >= 15 is 0 Å². The molecule has 2 rings (SSSR count). The van der Waals surface area contributed by atoms with Crippen LogP contribution in [0.2, 0.25) is 0 Å². The maximum atomic E-state index is 4.22. The normalized spacial score (nSPS) is 12.6. The zero-order chi connectivity index (χ0) is 13.8. The standard InChI is InChI=1S/C16H23N3/c1-12-6-5-7-15(13(12)2)16(17-3)9-8-14-10-11-18-19(14)4/h5-7,10-11,16-17H,8-9H2,1-4H3. The Hall–Kier alpha value is -1.61. The van der Waals surface area contributed by atoms with Crippen molar-refractivity contribution in [1.29, 1.82) is 0 Å². The minimum atomic E-state index is 0.398. The molecule has 1 aromatic carbocycles. The first-order valence-corrected chi connectivity index (χ1v) is 6.83. The first kappa shape index (κ1) is 13.8.